The van der Waals surface area contributed by atoms with Crippen molar-refractivity contribution in [1.82, 2.24) is 9.97 Å². The first kappa shape index (κ1) is 19.3. The van der Waals surface area contributed by atoms with E-state index >= 15 is 0 Å². The zero-order chi connectivity index (χ0) is 21.1. The first-order valence-corrected chi connectivity index (χ1v) is 9.29. The van der Waals surface area contributed by atoms with Gasteiger partial charge < -0.3 is 14.5 Å². The quantitative estimate of drug-likeness (QED) is 0.395. The summed E-state index contributed by atoms with van der Waals surface area (Å²) in [5, 5.41) is 0.496. The number of hydrogen-bond acceptors (Lipinski definition) is 5. The van der Waals surface area contributed by atoms with Crippen LogP contribution in [-0.2, 0) is 0 Å². The highest BCUT2D eigenvalue weighted by molar-refractivity contribution is 5.91. The van der Waals surface area contributed by atoms with Gasteiger partial charge >= 0.3 is 5.97 Å². The number of carbonyl (C=O) groups is 1. The summed E-state index contributed by atoms with van der Waals surface area (Å²) in [5.74, 6) is -0.181. The first-order valence-electron chi connectivity index (χ1n) is 9.29. The maximum absolute atomic E-state index is 13.1. The Balaban J connectivity index is 1.69. The van der Waals surface area contributed by atoms with E-state index in [0.717, 1.165) is 0 Å². The van der Waals surface area contributed by atoms with E-state index in [1.165, 1.54) is 24.3 Å². The number of nitrogens with zero attached hydrogens (tertiary/aromatic N) is 1. The molecule has 150 valence electrons. The van der Waals surface area contributed by atoms with Crippen LogP contribution >= 0.6 is 0 Å². The minimum absolute atomic E-state index is 0.207. The van der Waals surface area contributed by atoms with Crippen LogP contribution in [0.1, 0.15) is 17.3 Å². The lowest BCUT2D eigenvalue weighted by atomic mass is 10.1. The highest BCUT2D eigenvalue weighted by Crippen LogP contribution is 2.32. The molecule has 0 saturated carbocycles. The Hall–Kier alpha value is -4.00. The maximum atomic E-state index is 13.1. The van der Waals surface area contributed by atoms with Gasteiger partial charge in [0, 0.05) is 5.56 Å². The summed E-state index contributed by atoms with van der Waals surface area (Å²) in [6.07, 6.45) is 0. The molecule has 4 aromatic rings. The number of halogens is 1. The third-order valence-corrected chi connectivity index (χ3v) is 4.41. The number of aromatic nitrogens is 2. The van der Waals surface area contributed by atoms with Gasteiger partial charge in [0.2, 0.25) is 0 Å². The van der Waals surface area contributed by atoms with Gasteiger partial charge in [0.15, 0.2) is 11.5 Å². The summed E-state index contributed by atoms with van der Waals surface area (Å²) >= 11 is 0. The number of ether oxygens (including phenoxy) is 2. The van der Waals surface area contributed by atoms with Crippen LogP contribution in [0.4, 0.5) is 4.39 Å². The molecule has 1 heterocycles. The monoisotopic (exact) mass is 404 g/mol. The molecule has 0 atom stereocenters. The molecular weight excluding hydrogens is 387 g/mol. The predicted molar refractivity (Wildman–Crippen MR) is 110 cm³/mol. The second-order valence-corrected chi connectivity index (χ2v) is 6.42. The van der Waals surface area contributed by atoms with Crippen LogP contribution in [0.2, 0.25) is 0 Å². The molecule has 0 unspecified atom stereocenters. The Kier molecular flexibility index (Phi) is 5.26. The summed E-state index contributed by atoms with van der Waals surface area (Å²) in [7, 11) is 0. The molecule has 1 aromatic heterocycles. The molecule has 3 aromatic carbocycles. The molecular formula is C23H17FN2O4. The van der Waals surface area contributed by atoms with Gasteiger partial charge in [0.25, 0.3) is 5.56 Å². The lowest BCUT2D eigenvalue weighted by Gasteiger charge is -2.12. The third-order valence-electron chi connectivity index (χ3n) is 4.41. The molecule has 0 spiro atoms. The number of H-pyrrole nitrogens is 1. The number of nitrogens with one attached hydrogen (secondary N) is 1. The van der Waals surface area contributed by atoms with Crippen LogP contribution in [0.5, 0.6) is 11.5 Å². The Bertz CT molecular complexity index is 1280. The van der Waals surface area contributed by atoms with Gasteiger partial charge in [-0.3, -0.25) is 4.79 Å². The standard InChI is InChI=1S/C23H17FN2O4/c1-2-29-20-13-15(21-25-18-6-4-3-5-17(18)22(27)26-21)9-12-19(20)30-23(28)14-7-10-16(24)11-8-14/h3-13H,2H2,1H3,(H,25,26,27). The average molecular weight is 404 g/mol. The van der Waals surface area contributed by atoms with Gasteiger partial charge in [0.05, 0.1) is 23.1 Å². The number of benzene rings is 3. The summed E-state index contributed by atoms with van der Waals surface area (Å²) in [5.41, 5.74) is 1.13. The molecule has 0 aliphatic rings. The Morgan fingerprint density at radius 3 is 2.57 bits per heavy atom. The van der Waals surface area contributed by atoms with Crippen molar-refractivity contribution in [3.05, 3.63) is 88.5 Å². The zero-order valence-corrected chi connectivity index (χ0v) is 16.0. The van der Waals surface area contributed by atoms with E-state index in [9.17, 15) is 14.0 Å². The fraction of sp³-hybridized carbons (Fsp3) is 0.0870. The summed E-state index contributed by atoms with van der Waals surface area (Å²) in [6.45, 7) is 2.14. The minimum atomic E-state index is -0.638. The second kappa shape index (κ2) is 8.16. The topological polar surface area (TPSA) is 81.3 Å². The number of para-hydroxylation sites is 1. The molecule has 0 amide bonds. The SMILES string of the molecule is CCOc1cc(-c2nc3ccccc3c(=O)[nH]2)ccc1OC(=O)c1ccc(F)cc1. The van der Waals surface area contributed by atoms with E-state index in [-0.39, 0.29) is 16.9 Å². The highest BCUT2D eigenvalue weighted by atomic mass is 19.1. The maximum Gasteiger partial charge on any atom is 0.343 e. The molecule has 4 rings (SSSR count). The van der Waals surface area contributed by atoms with Crippen molar-refractivity contribution >= 4 is 16.9 Å². The van der Waals surface area contributed by atoms with Crippen molar-refractivity contribution in [2.45, 2.75) is 6.92 Å². The second-order valence-electron chi connectivity index (χ2n) is 6.42. The predicted octanol–water partition coefficient (Wildman–Crippen LogP) is 4.35. The van der Waals surface area contributed by atoms with Gasteiger partial charge in [-0.15, -0.1) is 0 Å². The normalized spacial score (nSPS) is 10.7. The third kappa shape index (κ3) is 3.91. The van der Waals surface area contributed by atoms with Crippen molar-refractivity contribution in [2.75, 3.05) is 6.61 Å². The fourth-order valence-electron chi connectivity index (χ4n) is 2.98. The van der Waals surface area contributed by atoms with Crippen LogP contribution in [0, 0.1) is 5.82 Å². The van der Waals surface area contributed by atoms with Crippen LogP contribution < -0.4 is 15.0 Å². The lowest BCUT2D eigenvalue weighted by Crippen LogP contribution is -2.11. The molecule has 0 aliphatic heterocycles. The Morgan fingerprint density at radius 2 is 1.80 bits per heavy atom. The smallest absolute Gasteiger partial charge is 0.343 e. The fourth-order valence-corrected chi connectivity index (χ4v) is 2.98. The number of rotatable bonds is 5. The summed E-state index contributed by atoms with van der Waals surface area (Å²) < 4.78 is 24.1. The first-order chi connectivity index (χ1) is 14.5. The van der Waals surface area contributed by atoms with Crippen molar-refractivity contribution in [2.24, 2.45) is 0 Å². The van der Waals surface area contributed by atoms with Gasteiger partial charge in [-0.05, 0) is 61.5 Å². The van der Waals surface area contributed by atoms with Crippen LogP contribution in [0.15, 0.2) is 71.5 Å². The molecule has 7 heteroatoms. The van der Waals surface area contributed by atoms with E-state index < -0.39 is 11.8 Å². The molecule has 1 N–H and O–H groups in total. The minimum Gasteiger partial charge on any atom is -0.490 e. The van der Waals surface area contributed by atoms with E-state index in [2.05, 4.69) is 9.97 Å². The number of fused-ring (bicyclic) bond motifs is 1. The van der Waals surface area contributed by atoms with Gasteiger partial charge in [-0.25, -0.2) is 14.2 Å². The largest absolute Gasteiger partial charge is 0.490 e. The van der Waals surface area contributed by atoms with E-state index in [4.69, 9.17) is 9.47 Å². The number of carbonyl (C=O) groups excluding carboxylic acids is 1. The van der Waals surface area contributed by atoms with Gasteiger partial charge in [-0.1, -0.05) is 12.1 Å². The number of esters is 1. The van der Waals surface area contributed by atoms with E-state index in [1.54, 1.807) is 43.3 Å². The number of hydrogen-bond donors (Lipinski definition) is 1. The van der Waals surface area contributed by atoms with Crippen LogP contribution in [0.3, 0.4) is 0 Å². The average Bonchev–Trinajstić information content (AvgIpc) is 2.75. The van der Waals surface area contributed by atoms with Crippen LogP contribution in [-0.4, -0.2) is 22.5 Å². The molecule has 0 radical (unpaired) electrons. The Labute approximate surface area is 170 Å². The van der Waals surface area contributed by atoms with Crippen LogP contribution in [0.25, 0.3) is 22.3 Å². The van der Waals surface area contributed by atoms with E-state index in [1.807, 2.05) is 6.07 Å². The molecule has 30 heavy (non-hydrogen) atoms. The van der Waals surface area contributed by atoms with Crippen molar-refractivity contribution < 1.29 is 18.7 Å². The highest BCUT2D eigenvalue weighted by Gasteiger charge is 2.15. The molecule has 6 nitrogen and oxygen atoms in total. The number of aromatic amines is 1. The van der Waals surface area contributed by atoms with E-state index in [0.29, 0.717) is 34.6 Å². The lowest BCUT2D eigenvalue weighted by molar-refractivity contribution is 0.0728. The van der Waals surface area contributed by atoms with Gasteiger partial charge in [0.1, 0.15) is 11.6 Å². The molecule has 0 saturated heterocycles. The summed E-state index contributed by atoms with van der Waals surface area (Å²) in [4.78, 5) is 32.0. The van der Waals surface area contributed by atoms with Crippen molar-refractivity contribution in [1.29, 1.82) is 0 Å². The molecule has 0 bridgehead atoms. The molecule has 0 fully saturated rings. The van der Waals surface area contributed by atoms with Crippen molar-refractivity contribution in [3.8, 4) is 22.9 Å². The van der Waals surface area contributed by atoms with Gasteiger partial charge in [-0.2, -0.15) is 0 Å². The van der Waals surface area contributed by atoms with Crippen molar-refractivity contribution in [3.63, 3.8) is 0 Å². The summed E-state index contributed by atoms with van der Waals surface area (Å²) in [6, 6.07) is 17.0. The molecule has 0 aliphatic carbocycles. The zero-order valence-electron chi connectivity index (χ0n) is 16.0. The Morgan fingerprint density at radius 1 is 1.03 bits per heavy atom.